The predicted molar refractivity (Wildman–Crippen MR) is 123 cm³/mol. The number of carboxylic acid groups (broad SMARTS) is 1. The molecule has 0 unspecified atom stereocenters. The average molecular weight is 436 g/mol. The van der Waals surface area contributed by atoms with E-state index in [-0.39, 0.29) is 11.5 Å². The van der Waals surface area contributed by atoms with Crippen LogP contribution in [-0.2, 0) is 6.54 Å². The highest BCUT2D eigenvalue weighted by Crippen LogP contribution is 2.38. The van der Waals surface area contributed by atoms with Gasteiger partial charge in [0.15, 0.2) is 5.82 Å². The summed E-state index contributed by atoms with van der Waals surface area (Å²) < 4.78 is 2.16. The molecule has 33 heavy (non-hydrogen) atoms. The van der Waals surface area contributed by atoms with Crippen LogP contribution >= 0.6 is 0 Å². The second-order valence-corrected chi connectivity index (χ2v) is 8.42. The van der Waals surface area contributed by atoms with Crippen molar-refractivity contribution >= 4 is 17.7 Å². The summed E-state index contributed by atoms with van der Waals surface area (Å²) in [6.07, 6.45) is 6.08. The third-order valence-corrected chi connectivity index (χ3v) is 6.21. The summed E-state index contributed by atoms with van der Waals surface area (Å²) in [6.45, 7) is 0.442. The minimum Gasteiger partial charge on any atom is -0.478 e. The van der Waals surface area contributed by atoms with Crippen molar-refractivity contribution in [1.82, 2.24) is 14.5 Å². The number of rotatable bonds is 5. The van der Waals surface area contributed by atoms with Gasteiger partial charge >= 0.3 is 5.97 Å². The van der Waals surface area contributed by atoms with Crippen LogP contribution in [-0.4, -0.2) is 31.5 Å². The predicted octanol–water partition coefficient (Wildman–Crippen LogP) is 4.81. The highest BCUT2D eigenvalue weighted by molar-refractivity contribution is 6.10. The van der Waals surface area contributed by atoms with Gasteiger partial charge in [0.25, 0.3) is 5.91 Å². The number of carbonyl (C=O) groups excluding carboxylic acids is 1. The molecule has 0 bridgehead atoms. The lowest BCUT2D eigenvalue weighted by atomic mass is 9.99. The van der Waals surface area contributed by atoms with Crippen LogP contribution in [0.1, 0.15) is 45.2 Å². The Hall–Kier alpha value is -4.26. The van der Waals surface area contributed by atoms with Crippen molar-refractivity contribution in [3.63, 3.8) is 0 Å². The molecule has 1 aliphatic heterocycles. The largest absolute Gasteiger partial charge is 0.478 e. The lowest BCUT2D eigenvalue weighted by molar-refractivity contribution is 0.0696. The van der Waals surface area contributed by atoms with Crippen molar-refractivity contribution in [3.05, 3.63) is 89.7 Å². The SMILES string of the molecule is O=C(O)c1cccc(-c2ccc3c(c2)C(=O)N(c2cccc(-c4nccn4C4CC4)n2)C3)c1. The van der Waals surface area contributed by atoms with Crippen LogP contribution in [0.4, 0.5) is 5.82 Å². The van der Waals surface area contributed by atoms with Crippen LogP contribution < -0.4 is 4.90 Å². The van der Waals surface area contributed by atoms with Crippen LogP contribution in [0.2, 0.25) is 0 Å². The molecule has 2 aromatic heterocycles. The first-order chi connectivity index (χ1) is 16.1. The maximum atomic E-state index is 13.3. The van der Waals surface area contributed by atoms with Crippen LogP contribution in [0.3, 0.4) is 0 Å². The number of imidazole rings is 1. The molecule has 0 atom stereocenters. The summed E-state index contributed by atoms with van der Waals surface area (Å²) in [5.74, 6) is 0.322. The van der Waals surface area contributed by atoms with Gasteiger partial charge in [-0.3, -0.25) is 9.69 Å². The Morgan fingerprint density at radius 1 is 1.00 bits per heavy atom. The molecular weight excluding hydrogens is 416 g/mol. The monoisotopic (exact) mass is 436 g/mol. The fraction of sp³-hybridized carbons (Fsp3) is 0.154. The molecule has 6 rings (SSSR count). The number of carboxylic acids is 1. The number of aromatic carboxylic acids is 1. The lowest BCUT2D eigenvalue weighted by Crippen LogP contribution is -2.24. The van der Waals surface area contributed by atoms with Crippen molar-refractivity contribution in [1.29, 1.82) is 0 Å². The molecule has 1 aliphatic carbocycles. The molecule has 0 radical (unpaired) electrons. The highest BCUT2D eigenvalue weighted by atomic mass is 16.4. The molecule has 7 nitrogen and oxygen atoms in total. The van der Waals surface area contributed by atoms with Crippen LogP contribution in [0.25, 0.3) is 22.6 Å². The first-order valence-electron chi connectivity index (χ1n) is 10.9. The molecule has 1 N–H and O–H groups in total. The van der Waals surface area contributed by atoms with Gasteiger partial charge < -0.3 is 9.67 Å². The maximum absolute atomic E-state index is 13.3. The second kappa shape index (κ2) is 7.41. The standard InChI is InChI=1S/C26H20N4O3/c31-25-21-14-17(16-3-1-4-18(13-16)26(32)33)7-8-19(21)15-30(25)23-6-2-5-22(28-23)24-27-11-12-29(24)20-9-10-20/h1-8,11-14,20H,9-10,15H2,(H,32,33). The van der Waals surface area contributed by atoms with E-state index in [1.54, 1.807) is 29.3 Å². The van der Waals surface area contributed by atoms with Crippen LogP contribution in [0.15, 0.2) is 73.1 Å². The number of carbonyl (C=O) groups is 2. The number of anilines is 1. The number of nitrogens with zero attached hydrogens (tertiary/aromatic N) is 4. The summed E-state index contributed by atoms with van der Waals surface area (Å²) in [7, 11) is 0. The molecule has 7 heteroatoms. The number of aromatic nitrogens is 3. The van der Waals surface area contributed by atoms with Crippen molar-refractivity contribution in [2.75, 3.05) is 4.90 Å². The van der Waals surface area contributed by atoms with Gasteiger partial charge in [-0.25, -0.2) is 14.8 Å². The minimum absolute atomic E-state index is 0.114. The molecule has 4 aromatic rings. The molecule has 1 saturated carbocycles. The number of hydrogen-bond donors (Lipinski definition) is 1. The van der Waals surface area contributed by atoms with Crippen molar-refractivity contribution in [2.24, 2.45) is 0 Å². The Morgan fingerprint density at radius 2 is 1.82 bits per heavy atom. The molecule has 3 heterocycles. The average Bonchev–Trinajstić information content (AvgIpc) is 3.47. The molecular formula is C26H20N4O3. The van der Waals surface area contributed by atoms with Crippen LogP contribution in [0.5, 0.6) is 0 Å². The Morgan fingerprint density at radius 3 is 2.64 bits per heavy atom. The van der Waals surface area contributed by atoms with Gasteiger partial charge in [-0.2, -0.15) is 0 Å². The summed E-state index contributed by atoms with van der Waals surface area (Å²) in [6, 6.07) is 18.6. The minimum atomic E-state index is -0.978. The van der Waals surface area contributed by atoms with E-state index in [1.165, 1.54) is 0 Å². The summed E-state index contributed by atoms with van der Waals surface area (Å²) in [5, 5.41) is 9.28. The van der Waals surface area contributed by atoms with Gasteiger partial charge in [-0.1, -0.05) is 30.3 Å². The third-order valence-electron chi connectivity index (χ3n) is 6.21. The van der Waals surface area contributed by atoms with Crippen molar-refractivity contribution < 1.29 is 14.7 Å². The zero-order valence-electron chi connectivity index (χ0n) is 17.7. The lowest BCUT2D eigenvalue weighted by Gasteiger charge is -2.15. The van der Waals surface area contributed by atoms with E-state index in [4.69, 9.17) is 4.98 Å². The summed E-state index contributed by atoms with van der Waals surface area (Å²) >= 11 is 0. The molecule has 1 fully saturated rings. The fourth-order valence-corrected chi connectivity index (χ4v) is 4.35. The number of benzene rings is 2. The zero-order chi connectivity index (χ0) is 22.5. The molecule has 162 valence electrons. The second-order valence-electron chi connectivity index (χ2n) is 8.42. The van der Waals surface area contributed by atoms with Gasteiger partial charge in [0.05, 0.1) is 12.1 Å². The third kappa shape index (κ3) is 3.38. The number of hydrogen-bond acceptors (Lipinski definition) is 4. The summed E-state index contributed by atoms with van der Waals surface area (Å²) in [4.78, 5) is 35.6. The van der Waals surface area contributed by atoms with E-state index < -0.39 is 5.97 Å². The van der Waals surface area contributed by atoms with Crippen LogP contribution in [0, 0.1) is 0 Å². The fourth-order valence-electron chi connectivity index (χ4n) is 4.35. The first kappa shape index (κ1) is 19.4. The number of amides is 1. The Balaban J connectivity index is 1.32. The summed E-state index contributed by atoms with van der Waals surface area (Å²) in [5.41, 5.74) is 4.06. The van der Waals surface area contributed by atoms with E-state index in [9.17, 15) is 14.7 Å². The molecule has 2 aliphatic rings. The Kier molecular flexibility index (Phi) is 4.36. The van der Waals surface area contributed by atoms with Crippen molar-refractivity contribution in [3.8, 4) is 22.6 Å². The number of fused-ring (bicyclic) bond motifs is 1. The number of pyridine rings is 1. The Bertz CT molecular complexity index is 1420. The molecule has 1 amide bonds. The van der Waals surface area contributed by atoms with Gasteiger partial charge in [0.2, 0.25) is 0 Å². The van der Waals surface area contributed by atoms with Gasteiger partial charge in [0, 0.05) is 24.0 Å². The molecule has 2 aromatic carbocycles. The Labute approximate surface area is 190 Å². The maximum Gasteiger partial charge on any atom is 0.335 e. The van der Waals surface area contributed by atoms with Gasteiger partial charge in [0.1, 0.15) is 11.5 Å². The highest BCUT2D eigenvalue weighted by Gasteiger charge is 2.31. The van der Waals surface area contributed by atoms with E-state index in [0.717, 1.165) is 41.1 Å². The van der Waals surface area contributed by atoms with E-state index in [1.807, 2.05) is 48.7 Å². The smallest absolute Gasteiger partial charge is 0.335 e. The normalized spacial score (nSPS) is 15.0. The van der Waals surface area contributed by atoms with E-state index in [2.05, 4.69) is 9.55 Å². The molecule has 0 spiro atoms. The molecule has 0 saturated heterocycles. The first-order valence-corrected chi connectivity index (χ1v) is 10.9. The van der Waals surface area contributed by atoms with Crippen molar-refractivity contribution in [2.45, 2.75) is 25.4 Å². The van der Waals surface area contributed by atoms with E-state index in [0.29, 0.717) is 24.0 Å². The van der Waals surface area contributed by atoms with Gasteiger partial charge in [-0.15, -0.1) is 0 Å². The van der Waals surface area contributed by atoms with Gasteiger partial charge in [-0.05, 0) is 59.9 Å². The quantitative estimate of drug-likeness (QED) is 0.485. The zero-order valence-corrected chi connectivity index (χ0v) is 17.7. The topological polar surface area (TPSA) is 88.3 Å². The van der Waals surface area contributed by atoms with E-state index >= 15 is 0 Å².